The predicted octanol–water partition coefficient (Wildman–Crippen LogP) is 0.795. The van der Waals surface area contributed by atoms with Crippen molar-refractivity contribution in [2.45, 2.75) is 44.8 Å². The van der Waals surface area contributed by atoms with Gasteiger partial charge in [0.15, 0.2) is 0 Å². The second-order valence-corrected chi connectivity index (χ2v) is 4.73. The van der Waals surface area contributed by atoms with Gasteiger partial charge in [0.25, 0.3) is 0 Å². The van der Waals surface area contributed by atoms with E-state index in [4.69, 9.17) is 4.74 Å². The van der Waals surface area contributed by atoms with Gasteiger partial charge < -0.3 is 10.1 Å². The van der Waals surface area contributed by atoms with Gasteiger partial charge in [0.1, 0.15) is 6.54 Å². The first-order valence-electron chi connectivity index (χ1n) is 6.24. The SMILES string of the molecule is CCOC(=O)Cn1cc2c(n1)CC1CCC2N1. The second kappa shape index (κ2) is 4.14. The average Bonchev–Trinajstić information content (AvgIpc) is 2.85. The van der Waals surface area contributed by atoms with Crippen LogP contribution in [-0.2, 0) is 22.5 Å². The number of nitrogens with zero attached hydrogens (tertiary/aromatic N) is 2. The van der Waals surface area contributed by atoms with Crippen molar-refractivity contribution < 1.29 is 9.53 Å². The third-order valence-electron chi connectivity index (χ3n) is 3.52. The molecule has 5 nitrogen and oxygen atoms in total. The van der Waals surface area contributed by atoms with Crippen LogP contribution in [0.3, 0.4) is 0 Å². The van der Waals surface area contributed by atoms with Gasteiger partial charge in [-0.3, -0.25) is 9.48 Å². The Morgan fingerprint density at radius 1 is 1.65 bits per heavy atom. The summed E-state index contributed by atoms with van der Waals surface area (Å²) in [5.74, 6) is -0.217. The lowest BCUT2D eigenvalue weighted by Gasteiger charge is -2.19. The monoisotopic (exact) mass is 235 g/mol. The van der Waals surface area contributed by atoms with Gasteiger partial charge in [-0.15, -0.1) is 0 Å². The Labute approximate surface area is 100 Å². The third-order valence-corrected chi connectivity index (χ3v) is 3.52. The van der Waals surface area contributed by atoms with Crippen LogP contribution < -0.4 is 5.32 Å². The summed E-state index contributed by atoms with van der Waals surface area (Å²) < 4.78 is 6.64. The fourth-order valence-electron chi connectivity index (χ4n) is 2.81. The Kier molecular flexibility index (Phi) is 2.63. The quantitative estimate of drug-likeness (QED) is 0.787. The van der Waals surface area contributed by atoms with Gasteiger partial charge in [-0.2, -0.15) is 5.10 Å². The summed E-state index contributed by atoms with van der Waals surface area (Å²) in [6.45, 7) is 2.46. The molecule has 1 saturated heterocycles. The minimum absolute atomic E-state index is 0.217. The number of nitrogens with one attached hydrogen (secondary N) is 1. The molecule has 5 heteroatoms. The van der Waals surface area contributed by atoms with Crippen LogP contribution >= 0.6 is 0 Å². The summed E-state index contributed by atoms with van der Waals surface area (Å²) in [5, 5.41) is 8.06. The van der Waals surface area contributed by atoms with E-state index in [0.717, 1.165) is 12.1 Å². The van der Waals surface area contributed by atoms with Crippen molar-refractivity contribution in [1.29, 1.82) is 0 Å². The molecule has 1 N–H and O–H groups in total. The van der Waals surface area contributed by atoms with E-state index in [-0.39, 0.29) is 12.5 Å². The van der Waals surface area contributed by atoms with Crippen LogP contribution in [0.1, 0.15) is 37.1 Å². The number of hydrogen-bond donors (Lipinski definition) is 1. The molecule has 3 rings (SSSR count). The Hall–Kier alpha value is -1.36. The normalized spacial score (nSPS) is 25.7. The highest BCUT2D eigenvalue weighted by molar-refractivity contribution is 5.69. The van der Waals surface area contributed by atoms with Crippen molar-refractivity contribution in [2.75, 3.05) is 6.61 Å². The summed E-state index contributed by atoms with van der Waals surface area (Å²) in [7, 11) is 0. The zero-order chi connectivity index (χ0) is 11.8. The summed E-state index contributed by atoms with van der Waals surface area (Å²) in [4.78, 5) is 11.4. The van der Waals surface area contributed by atoms with Crippen molar-refractivity contribution in [2.24, 2.45) is 0 Å². The summed E-state index contributed by atoms with van der Waals surface area (Å²) in [6, 6.07) is 1.03. The zero-order valence-electron chi connectivity index (χ0n) is 9.98. The lowest BCUT2D eigenvalue weighted by Crippen LogP contribution is -2.31. The summed E-state index contributed by atoms with van der Waals surface area (Å²) >= 11 is 0. The van der Waals surface area contributed by atoms with E-state index in [9.17, 15) is 4.79 Å². The van der Waals surface area contributed by atoms with E-state index in [1.54, 1.807) is 4.68 Å². The molecule has 2 aliphatic heterocycles. The fourth-order valence-corrected chi connectivity index (χ4v) is 2.81. The molecule has 1 aromatic heterocycles. The van der Waals surface area contributed by atoms with Gasteiger partial charge in [-0.1, -0.05) is 0 Å². The molecule has 0 radical (unpaired) electrons. The van der Waals surface area contributed by atoms with Gasteiger partial charge in [-0.05, 0) is 19.8 Å². The van der Waals surface area contributed by atoms with Crippen molar-refractivity contribution >= 4 is 5.97 Å². The lowest BCUT2D eigenvalue weighted by atomic mass is 10.0. The standard InChI is InChI=1S/C12H17N3O2/c1-2-17-12(16)7-15-6-9-10-4-3-8(13-10)5-11(9)14-15/h6,8,10,13H,2-5,7H2,1H3. The third kappa shape index (κ3) is 1.95. The minimum atomic E-state index is -0.217. The smallest absolute Gasteiger partial charge is 0.327 e. The highest BCUT2D eigenvalue weighted by Gasteiger charge is 2.34. The number of ether oxygens (including phenoxy) is 1. The van der Waals surface area contributed by atoms with E-state index in [1.165, 1.54) is 18.4 Å². The highest BCUT2D eigenvalue weighted by atomic mass is 16.5. The average molecular weight is 235 g/mol. The van der Waals surface area contributed by atoms with Gasteiger partial charge >= 0.3 is 5.97 Å². The maximum absolute atomic E-state index is 11.4. The predicted molar refractivity (Wildman–Crippen MR) is 61.5 cm³/mol. The molecule has 0 spiro atoms. The topological polar surface area (TPSA) is 56.2 Å². The molecule has 0 aliphatic carbocycles. The molecule has 0 saturated carbocycles. The summed E-state index contributed by atoms with van der Waals surface area (Å²) in [5.41, 5.74) is 2.42. The van der Waals surface area contributed by atoms with E-state index >= 15 is 0 Å². The second-order valence-electron chi connectivity index (χ2n) is 4.73. The molecule has 2 aliphatic rings. The number of carbonyl (C=O) groups is 1. The molecule has 2 unspecified atom stereocenters. The van der Waals surface area contributed by atoms with E-state index in [0.29, 0.717) is 18.7 Å². The van der Waals surface area contributed by atoms with Gasteiger partial charge in [-0.25, -0.2) is 0 Å². The van der Waals surface area contributed by atoms with E-state index in [2.05, 4.69) is 10.4 Å². The number of carbonyl (C=O) groups excluding carboxylic acids is 1. The molecule has 92 valence electrons. The lowest BCUT2D eigenvalue weighted by molar-refractivity contribution is -0.144. The van der Waals surface area contributed by atoms with Crippen LogP contribution in [-0.4, -0.2) is 28.4 Å². The molecule has 2 bridgehead atoms. The number of hydrogen-bond acceptors (Lipinski definition) is 4. The van der Waals surface area contributed by atoms with Crippen LogP contribution in [0, 0.1) is 0 Å². The summed E-state index contributed by atoms with van der Waals surface area (Å²) in [6.07, 6.45) is 5.40. The Morgan fingerprint density at radius 2 is 2.53 bits per heavy atom. The number of esters is 1. The fraction of sp³-hybridized carbons (Fsp3) is 0.667. The highest BCUT2D eigenvalue weighted by Crippen LogP contribution is 2.34. The Bertz CT molecular complexity index is 441. The van der Waals surface area contributed by atoms with Crippen LogP contribution in [0.15, 0.2) is 6.20 Å². The molecular weight excluding hydrogens is 218 g/mol. The Morgan fingerprint density at radius 3 is 3.35 bits per heavy atom. The number of fused-ring (bicyclic) bond motifs is 4. The van der Waals surface area contributed by atoms with Crippen LogP contribution in [0.5, 0.6) is 0 Å². The molecule has 0 amide bonds. The van der Waals surface area contributed by atoms with Gasteiger partial charge in [0.05, 0.1) is 12.3 Å². The van der Waals surface area contributed by atoms with E-state index < -0.39 is 0 Å². The molecule has 1 aromatic rings. The molecule has 17 heavy (non-hydrogen) atoms. The maximum Gasteiger partial charge on any atom is 0.327 e. The minimum Gasteiger partial charge on any atom is -0.465 e. The van der Waals surface area contributed by atoms with Crippen molar-refractivity contribution in [3.05, 3.63) is 17.5 Å². The van der Waals surface area contributed by atoms with Gasteiger partial charge in [0.2, 0.25) is 0 Å². The molecule has 1 fully saturated rings. The Balaban J connectivity index is 1.76. The number of aromatic nitrogens is 2. The van der Waals surface area contributed by atoms with Crippen LogP contribution in [0.25, 0.3) is 0 Å². The van der Waals surface area contributed by atoms with Crippen molar-refractivity contribution in [1.82, 2.24) is 15.1 Å². The molecule has 0 aromatic carbocycles. The van der Waals surface area contributed by atoms with E-state index in [1.807, 2.05) is 13.1 Å². The van der Waals surface area contributed by atoms with Crippen LogP contribution in [0.4, 0.5) is 0 Å². The molecular formula is C12H17N3O2. The maximum atomic E-state index is 11.4. The molecule has 3 heterocycles. The van der Waals surface area contributed by atoms with Crippen molar-refractivity contribution in [3.63, 3.8) is 0 Å². The first-order chi connectivity index (χ1) is 8.26. The first-order valence-corrected chi connectivity index (χ1v) is 6.24. The zero-order valence-corrected chi connectivity index (χ0v) is 9.98. The first kappa shape index (κ1) is 10.8. The van der Waals surface area contributed by atoms with Crippen LogP contribution in [0.2, 0.25) is 0 Å². The molecule has 2 atom stereocenters. The van der Waals surface area contributed by atoms with Crippen molar-refractivity contribution in [3.8, 4) is 0 Å². The van der Waals surface area contributed by atoms with Gasteiger partial charge in [0, 0.05) is 30.3 Å². The largest absolute Gasteiger partial charge is 0.465 e. The number of rotatable bonds is 3.